The zero-order valence-electron chi connectivity index (χ0n) is 15.6. The van der Waals surface area contributed by atoms with Crippen LogP contribution in [0.25, 0.3) is 0 Å². The van der Waals surface area contributed by atoms with Crippen LogP contribution in [0.2, 0.25) is 0 Å². The Morgan fingerprint density at radius 2 is 1.59 bits per heavy atom. The third kappa shape index (κ3) is 4.82. The highest BCUT2D eigenvalue weighted by Gasteiger charge is 2.28. The quantitative estimate of drug-likeness (QED) is 0.707. The molecule has 1 heterocycles. The minimum absolute atomic E-state index is 0.0122. The molecule has 0 N–H and O–H groups in total. The van der Waals surface area contributed by atoms with Gasteiger partial charge in [0.15, 0.2) is 0 Å². The minimum atomic E-state index is -0.132. The van der Waals surface area contributed by atoms with Gasteiger partial charge in [-0.25, -0.2) is 0 Å². The van der Waals surface area contributed by atoms with Crippen LogP contribution < -0.4 is 4.90 Å². The first kappa shape index (κ1) is 18.8. The van der Waals surface area contributed by atoms with E-state index < -0.39 is 0 Å². The fraction of sp³-hybridized carbons (Fsp3) is 0.318. The number of carbonyl (C=O) groups is 3. The van der Waals surface area contributed by atoms with Gasteiger partial charge in [0.05, 0.1) is 6.54 Å². The number of rotatable bonds is 7. The summed E-state index contributed by atoms with van der Waals surface area (Å²) < 4.78 is 0. The minimum Gasteiger partial charge on any atom is -0.308 e. The maximum absolute atomic E-state index is 12.9. The maximum atomic E-state index is 12.9. The van der Waals surface area contributed by atoms with Crippen molar-refractivity contribution in [2.45, 2.75) is 39.2 Å². The Kier molecular flexibility index (Phi) is 6.01. The van der Waals surface area contributed by atoms with Gasteiger partial charge in [0.25, 0.3) is 0 Å². The SMILES string of the molecule is Cc1ccc(N(Cc2ccccc2)C(=O)CCCN2C(=O)CCC2=O)cc1. The van der Waals surface area contributed by atoms with Crippen molar-refractivity contribution in [2.24, 2.45) is 0 Å². The molecule has 5 nitrogen and oxygen atoms in total. The van der Waals surface area contributed by atoms with Gasteiger partial charge in [-0.15, -0.1) is 0 Å². The van der Waals surface area contributed by atoms with Crippen LogP contribution in [-0.4, -0.2) is 29.2 Å². The average molecular weight is 364 g/mol. The molecule has 2 aromatic carbocycles. The van der Waals surface area contributed by atoms with Crippen molar-refractivity contribution in [1.29, 1.82) is 0 Å². The predicted octanol–water partition coefficient (Wildman–Crippen LogP) is 3.46. The van der Waals surface area contributed by atoms with E-state index in [4.69, 9.17) is 0 Å². The summed E-state index contributed by atoms with van der Waals surface area (Å²) in [6.45, 7) is 2.82. The molecule has 3 amide bonds. The number of hydrogen-bond acceptors (Lipinski definition) is 3. The molecule has 1 fully saturated rings. The smallest absolute Gasteiger partial charge is 0.229 e. The predicted molar refractivity (Wildman–Crippen MR) is 104 cm³/mol. The van der Waals surface area contributed by atoms with Gasteiger partial charge in [-0.3, -0.25) is 19.3 Å². The third-order valence-corrected chi connectivity index (χ3v) is 4.76. The van der Waals surface area contributed by atoms with E-state index in [0.29, 0.717) is 19.5 Å². The lowest BCUT2D eigenvalue weighted by atomic mass is 10.1. The molecular weight excluding hydrogens is 340 g/mol. The van der Waals surface area contributed by atoms with Crippen LogP contribution in [0, 0.1) is 6.92 Å². The normalized spacial score (nSPS) is 13.9. The second-order valence-corrected chi connectivity index (χ2v) is 6.84. The Bertz CT molecular complexity index is 799. The molecule has 0 bridgehead atoms. The molecule has 27 heavy (non-hydrogen) atoms. The zero-order valence-corrected chi connectivity index (χ0v) is 15.6. The lowest BCUT2D eigenvalue weighted by Gasteiger charge is -2.24. The molecule has 1 saturated heterocycles. The number of benzene rings is 2. The molecule has 1 aliphatic heterocycles. The Morgan fingerprint density at radius 3 is 2.22 bits per heavy atom. The zero-order chi connectivity index (χ0) is 19.2. The van der Waals surface area contributed by atoms with Crippen molar-refractivity contribution in [1.82, 2.24) is 4.90 Å². The molecule has 0 aliphatic carbocycles. The molecule has 2 aromatic rings. The van der Waals surface area contributed by atoms with E-state index in [1.54, 1.807) is 4.90 Å². The summed E-state index contributed by atoms with van der Waals surface area (Å²) in [6, 6.07) is 17.7. The summed E-state index contributed by atoms with van der Waals surface area (Å²) in [5.74, 6) is -0.277. The number of aryl methyl sites for hydroxylation is 1. The van der Waals surface area contributed by atoms with Gasteiger partial charge in [0, 0.05) is 31.5 Å². The number of nitrogens with zero attached hydrogens (tertiary/aromatic N) is 2. The van der Waals surface area contributed by atoms with Gasteiger partial charge in [-0.2, -0.15) is 0 Å². The van der Waals surface area contributed by atoms with E-state index in [0.717, 1.165) is 16.8 Å². The van der Waals surface area contributed by atoms with Crippen LogP contribution in [0.1, 0.15) is 36.8 Å². The monoisotopic (exact) mass is 364 g/mol. The summed E-state index contributed by atoms with van der Waals surface area (Å²) in [5, 5.41) is 0. The fourth-order valence-corrected chi connectivity index (χ4v) is 3.21. The number of imide groups is 1. The van der Waals surface area contributed by atoms with E-state index in [2.05, 4.69) is 0 Å². The summed E-state index contributed by atoms with van der Waals surface area (Å²) in [4.78, 5) is 39.3. The summed E-state index contributed by atoms with van der Waals surface area (Å²) in [7, 11) is 0. The van der Waals surface area contributed by atoms with Crippen molar-refractivity contribution < 1.29 is 14.4 Å². The molecule has 1 aliphatic rings. The Morgan fingerprint density at radius 1 is 0.963 bits per heavy atom. The first-order valence-corrected chi connectivity index (χ1v) is 9.29. The van der Waals surface area contributed by atoms with Gasteiger partial charge < -0.3 is 4.90 Å². The third-order valence-electron chi connectivity index (χ3n) is 4.76. The summed E-state index contributed by atoms with van der Waals surface area (Å²) >= 11 is 0. The van der Waals surface area contributed by atoms with Crippen LogP contribution in [0.15, 0.2) is 54.6 Å². The van der Waals surface area contributed by atoms with E-state index in [-0.39, 0.29) is 37.0 Å². The van der Waals surface area contributed by atoms with Gasteiger partial charge in [0.1, 0.15) is 0 Å². The molecule has 0 aromatic heterocycles. The Hall–Kier alpha value is -2.95. The van der Waals surface area contributed by atoms with Crippen LogP contribution in [0.4, 0.5) is 5.69 Å². The van der Waals surface area contributed by atoms with Gasteiger partial charge in [-0.05, 0) is 31.0 Å². The lowest BCUT2D eigenvalue weighted by molar-refractivity contribution is -0.138. The van der Waals surface area contributed by atoms with Crippen molar-refractivity contribution >= 4 is 23.4 Å². The highest BCUT2D eigenvalue weighted by molar-refractivity contribution is 6.02. The van der Waals surface area contributed by atoms with Gasteiger partial charge in [-0.1, -0.05) is 48.0 Å². The Balaban J connectivity index is 1.67. The van der Waals surface area contributed by atoms with Crippen molar-refractivity contribution in [2.75, 3.05) is 11.4 Å². The molecule has 3 rings (SSSR count). The summed E-state index contributed by atoms with van der Waals surface area (Å²) in [5.41, 5.74) is 3.04. The summed E-state index contributed by atoms with van der Waals surface area (Å²) in [6.07, 6.45) is 1.35. The van der Waals surface area contributed by atoms with Crippen molar-refractivity contribution in [3.05, 3.63) is 65.7 Å². The van der Waals surface area contributed by atoms with Crippen LogP contribution >= 0.6 is 0 Å². The van der Waals surface area contributed by atoms with Crippen LogP contribution in [-0.2, 0) is 20.9 Å². The van der Waals surface area contributed by atoms with Crippen LogP contribution in [0.3, 0.4) is 0 Å². The number of carbonyl (C=O) groups excluding carboxylic acids is 3. The number of anilines is 1. The molecule has 0 saturated carbocycles. The fourth-order valence-electron chi connectivity index (χ4n) is 3.21. The van der Waals surface area contributed by atoms with Crippen molar-refractivity contribution in [3.63, 3.8) is 0 Å². The lowest BCUT2D eigenvalue weighted by Crippen LogP contribution is -2.33. The second-order valence-electron chi connectivity index (χ2n) is 6.84. The molecule has 0 atom stereocenters. The Labute approximate surface area is 159 Å². The topological polar surface area (TPSA) is 57.7 Å². The van der Waals surface area contributed by atoms with Crippen molar-refractivity contribution in [3.8, 4) is 0 Å². The van der Waals surface area contributed by atoms with Crippen LogP contribution in [0.5, 0.6) is 0 Å². The maximum Gasteiger partial charge on any atom is 0.229 e. The second kappa shape index (κ2) is 8.62. The highest BCUT2D eigenvalue weighted by Crippen LogP contribution is 2.20. The van der Waals surface area contributed by atoms with E-state index >= 15 is 0 Å². The highest BCUT2D eigenvalue weighted by atomic mass is 16.2. The average Bonchev–Trinajstić information content (AvgIpc) is 3.00. The van der Waals surface area contributed by atoms with E-state index in [9.17, 15) is 14.4 Å². The van der Waals surface area contributed by atoms with Gasteiger partial charge in [0.2, 0.25) is 17.7 Å². The van der Waals surface area contributed by atoms with E-state index in [1.807, 2.05) is 61.5 Å². The molecule has 140 valence electrons. The number of hydrogen-bond donors (Lipinski definition) is 0. The molecule has 0 spiro atoms. The first-order chi connectivity index (χ1) is 13.0. The largest absolute Gasteiger partial charge is 0.308 e. The standard InChI is InChI=1S/C22H24N2O3/c1-17-9-11-19(12-10-17)24(16-18-6-3-2-4-7-18)20(25)8-5-15-23-21(26)13-14-22(23)27/h2-4,6-7,9-12H,5,8,13-16H2,1H3. The molecule has 5 heteroatoms. The molecule has 0 radical (unpaired) electrons. The first-order valence-electron chi connectivity index (χ1n) is 9.29. The molecule has 0 unspecified atom stereocenters. The van der Waals surface area contributed by atoms with Gasteiger partial charge >= 0.3 is 0 Å². The number of likely N-dealkylation sites (tertiary alicyclic amines) is 1. The van der Waals surface area contributed by atoms with E-state index in [1.165, 1.54) is 4.90 Å². The molecular formula is C22H24N2O3. The number of amides is 3.